The maximum atomic E-state index is 12.7. The molecular weight excluding hydrogens is 326 g/mol. The fourth-order valence-electron chi connectivity index (χ4n) is 1.92. The van der Waals surface area contributed by atoms with Gasteiger partial charge in [-0.3, -0.25) is 4.68 Å². The Kier molecular flexibility index (Phi) is 4.39. The quantitative estimate of drug-likeness (QED) is 0.882. The molecule has 3 nitrogen and oxygen atoms in total. The second kappa shape index (κ2) is 5.77. The van der Waals surface area contributed by atoms with Gasteiger partial charge in [-0.1, -0.05) is 23.2 Å². The molecule has 2 rings (SSSR count). The molecule has 0 saturated carbocycles. The number of benzene rings is 1. The average molecular weight is 338 g/mol. The van der Waals surface area contributed by atoms with E-state index in [9.17, 15) is 13.2 Å². The molecule has 114 valence electrons. The van der Waals surface area contributed by atoms with Crippen LogP contribution in [0.2, 0.25) is 10.2 Å². The molecule has 0 atom stereocenters. The Hall–Kier alpha value is -1.40. The lowest BCUT2D eigenvalue weighted by Gasteiger charge is -2.11. The fourth-order valence-corrected chi connectivity index (χ4v) is 2.40. The van der Waals surface area contributed by atoms with Gasteiger partial charge in [0.1, 0.15) is 5.15 Å². The Morgan fingerprint density at radius 1 is 1.24 bits per heavy atom. The molecule has 0 aliphatic carbocycles. The molecule has 8 heteroatoms. The lowest BCUT2D eigenvalue weighted by molar-refractivity contribution is -0.137. The minimum Gasteiger partial charge on any atom is -0.381 e. The zero-order valence-electron chi connectivity index (χ0n) is 11.2. The van der Waals surface area contributed by atoms with Gasteiger partial charge in [0.05, 0.1) is 11.3 Å². The van der Waals surface area contributed by atoms with Crippen molar-refractivity contribution in [2.45, 2.75) is 19.6 Å². The predicted octanol–water partition coefficient (Wildman–Crippen LogP) is 4.67. The maximum absolute atomic E-state index is 12.7. The second-order valence-electron chi connectivity index (χ2n) is 4.56. The third kappa shape index (κ3) is 3.63. The van der Waals surface area contributed by atoms with Gasteiger partial charge in [-0.25, -0.2) is 0 Å². The van der Waals surface area contributed by atoms with Gasteiger partial charge in [-0.15, -0.1) is 0 Å². The monoisotopic (exact) mass is 337 g/mol. The lowest BCUT2D eigenvalue weighted by Crippen LogP contribution is -2.07. The van der Waals surface area contributed by atoms with Gasteiger partial charge in [0.2, 0.25) is 0 Å². The smallest absolute Gasteiger partial charge is 0.381 e. The van der Waals surface area contributed by atoms with Gasteiger partial charge in [-0.05, 0) is 25.1 Å². The molecule has 1 aromatic carbocycles. The average Bonchev–Trinajstić information content (AvgIpc) is 2.59. The van der Waals surface area contributed by atoms with E-state index in [2.05, 4.69) is 10.4 Å². The van der Waals surface area contributed by atoms with E-state index in [1.165, 1.54) is 10.7 Å². The normalized spacial score (nSPS) is 11.8. The molecular formula is C13H12Cl2F3N3. The first-order chi connectivity index (χ1) is 9.68. The van der Waals surface area contributed by atoms with Gasteiger partial charge >= 0.3 is 6.18 Å². The number of anilines is 1. The van der Waals surface area contributed by atoms with Crippen molar-refractivity contribution in [1.82, 2.24) is 9.78 Å². The van der Waals surface area contributed by atoms with E-state index in [1.807, 2.05) is 0 Å². The van der Waals surface area contributed by atoms with Crippen molar-refractivity contribution < 1.29 is 13.2 Å². The van der Waals surface area contributed by atoms with E-state index >= 15 is 0 Å². The molecule has 0 saturated heterocycles. The number of aromatic nitrogens is 2. The molecule has 0 bridgehead atoms. The summed E-state index contributed by atoms with van der Waals surface area (Å²) >= 11 is 11.8. The molecule has 0 unspecified atom stereocenters. The summed E-state index contributed by atoms with van der Waals surface area (Å²) in [5, 5.41) is 7.48. The highest BCUT2D eigenvalue weighted by atomic mass is 35.5. The van der Waals surface area contributed by atoms with Crippen LogP contribution in [0.3, 0.4) is 0 Å². The topological polar surface area (TPSA) is 29.9 Å². The highest BCUT2D eigenvalue weighted by Crippen LogP contribution is 2.33. The summed E-state index contributed by atoms with van der Waals surface area (Å²) in [6.45, 7) is 2.04. The van der Waals surface area contributed by atoms with Crippen LogP contribution in [0.1, 0.15) is 16.8 Å². The number of nitrogens with one attached hydrogen (secondary N) is 1. The third-order valence-electron chi connectivity index (χ3n) is 2.96. The number of rotatable bonds is 3. The summed E-state index contributed by atoms with van der Waals surface area (Å²) in [6, 6.07) is 3.32. The van der Waals surface area contributed by atoms with Crippen LogP contribution in [0.25, 0.3) is 0 Å². The van der Waals surface area contributed by atoms with Gasteiger partial charge < -0.3 is 5.32 Å². The molecule has 0 amide bonds. The Balaban J connectivity index is 2.22. The first kappa shape index (κ1) is 16.0. The van der Waals surface area contributed by atoms with Crippen LogP contribution >= 0.6 is 23.2 Å². The lowest BCUT2D eigenvalue weighted by atomic mass is 10.2. The van der Waals surface area contributed by atoms with Crippen molar-refractivity contribution in [3.8, 4) is 0 Å². The molecule has 1 heterocycles. The molecule has 0 fully saturated rings. The minimum absolute atomic E-state index is 0.0151. The van der Waals surface area contributed by atoms with Crippen molar-refractivity contribution in [2.75, 3.05) is 5.32 Å². The van der Waals surface area contributed by atoms with Crippen molar-refractivity contribution in [1.29, 1.82) is 0 Å². The van der Waals surface area contributed by atoms with Gasteiger partial charge in [0.25, 0.3) is 0 Å². The Bertz CT molecular complexity index is 665. The van der Waals surface area contributed by atoms with Crippen LogP contribution in [0.5, 0.6) is 0 Å². The van der Waals surface area contributed by atoms with Crippen LogP contribution in [0.4, 0.5) is 18.9 Å². The van der Waals surface area contributed by atoms with Gasteiger partial charge in [-0.2, -0.15) is 18.3 Å². The number of hydrogen-bond acceptors (Lipinski definition) is 2. The second-order valence-corrected chi connectivity index (χ2v) is 5.35. The molecule has 0 radical (unpaired) electrons. The Labute approximate surface area is 129 Å². The first-order valence-electron chi connectivity index (χ1n) is 5.98. The van der Waals surface area contributed by atoms with Crippen molar-refractivity contribution in [3.63, 3.8) is 0 Å². The van der Waals surface area contributed by atoms with E-state index < -0.39 is 11.7 Å². The highest BCUT2D eigenvalue weighted by molar-refractivity contribution is 6.31. The summed E-state index contributed by atoms with van der Waals surface area (Å²) < 4.78 is 39.7. The fraction of sp³-hybridized carbons (Fsp3) is 0.308. The van der Waals surface area contributed by atoms with E-state index in [1.54, 1.807) is 14.0 Å². The molecule has 0 aliphatic heterocycles. The SMILES string of the molecule is Cc1nn(C)c(Cl)c1CNc1cc(Cl)cc(C(F)(F)F)c1. The predicted molar refractivity (Wildman–Crippen MR) is 76.7 cm³/mol. The van der Waals surface area contributed by atoms with Crippen molar-refractivity contribution in [3.05, 3.63) is 45.2 Å². The van der Waals surface area contributed by atoms with E-state index in [0.717, 1.165) is 17.7 Å². The van der Waals surface area contributed by atoms with Gasteiger partial charge in [0, 0.05) is 29.9 Å². The molecule has 2 aromatic rings. The number of alkyl halides is 3. The van der Waals surface area contributed by atoms with E-state index in [4.69, 9.17) is 23.2 Å². The standard InChI is InChI=1S/C13H12Cl2F3N3/c1-7-11(12(15)21(2)20-7)6-19-10-4-8(13(16,17)18)3-9(14)5-10/h3-5,19H,6H2,1-2H3. The van der Waals surface area contributed by atoms with Crippen molar-refractivity contribution >= 4 is 28.9 Å². The summed E-state index contributed by atoms with van der Waals surface area (Å²) in [5.74, 6) is 0. The molecule has 1 aromatic heterocycles. The van der Waals surface area contributed by atoms with Crippen LogP contribution in [-0.4, -0.2) is 9.78 Å². The van der Waals surface area contributed by atoms with E-state index in [0.29, 0.717) is 10.8 Å². The number of aryl methyl sites for hydroxylation is 2. The first-order valence-corrected chi connectivity index (χ1v) is 6.73. The molecule has 21 heavy (non-hydrogen) atoms. The summed E-state index contributed by atoms with van der Waals surface area (Å²) in [6.07, 6.45) is -4.44. The third-order valence-corrected chi connectivity index (χ3v) is 3.66. The van der Waals surface area contributed by atoms with E-state index in [-0.39, 0.29) is 17.3 Å². The zero-order valence-corrected chi connectivity index (χ0v) is 12.7. The largest absolute Gasteiger partial charge is 0.416 e. The van der Waals surface area contributed by atoms with Crippen LogP contribution in [-0.2, 0) is 19.8 Å². The Morgan fingerprint density at radius 3 is 2.43 bits per heavy atom. The highest BCUT2D eigenvalue weighted by Gasteiger charge is 2.31. The number of hydrogen-bond donors (Lipinski definition) is 1. The summed E-state index contributed by atoms with van der Waals surface area (Å²) in [4.78, 5) is 0. The zero-order chi connectivity index (χ0) is 15.8. The Morgan fingerprint density at radius 2 is 1.90 bits per heavy atom. The maximum Gasteiger partial charge on any atom is 0.416 e. The summed E-state index contributed by atoms with van der Waals surface area (Å²) in [7, 11) is 1.69. The minimum atomic E-state index is -4.44. The molecule has 1 N–H and O–H groups in total. The van der Waals surface area contributed by atoms with Crippen LogP contribution in [0, 0.1) is 6.92 Å². The number of nitrogens with zero attached hydrogens (tertiary/aromatic N) is 2. The number of halogens is 5. The summed E-state index contributed by atoms with van der Waals surface area (Å²) in [5.41, 5.74) is 0.918. The van der Waals surface area contributed by atoms with Crippen LogP contribution in [0.15, 0.2) is 18.2 Å². The van der Waals surface area contributed by atoms with Crippen LogP contribution < -0.4 is 5.32 Å². The molecule has 0 spiro atoms. The van der Waals surface area contributed by atoms with Gasteiger partial charge in [0.15, 0.2) is 0 Å². The molecule has 0 aliphatic rings. The van der Waals surface area contributed by atoms with Crippen molar-refractivity contribution in [2.24, 2.45) is 7.05 Å².